The summed E-state index contributed by atoms with van der Waals surface area (Å²) in [4.78, 5) is 51.6. The summed E-state index contributed by atoms with van der Waals surface area (Å²) in [5, 5.41) is 27.2. The molecule has 85 heavy (non-hydrogen) atoms. The van der Waals surface area contributed by atoms with Crippen LogP contribution in [0.1, 0.15) is 131 Å². The van der Waals surface area contributed by atoms with Gasteiger partial charge < -0.3 is 39.5 Å². The third-order valence-corrected chi connectivity index (χ3v) is 14.0. The molecule has 12 nitrogen and oxygen atoms in total. The molecule has 1 aliphatic rings. The van der Waals surface area contributed by atoms with E-state index in [0.717, 1.165) is 50.6 Å². The van der Waals surface area contributed by atoms with Crippen molar-refractivity contribution in [2.45, 2.75) is 131 Å². The van der Waals surface area contributed by atoms with Crippen LogP contribution < -0.4 is 10.6 Å². The lowest BCUT2D eigenvalue weighted by Gasteiger charge is -2.22. The van der Waals surface area contributed by atoms with Crippen molar-refractivity contribution < 1.29 is 47.6 Å². The van der Waals surface area contributed by atoms with Crippen LogP contribution in [0.25, 0.3) is 44.8 Å². The Kier molecular flexibility index (Phi) is 24.9. The van der Waals surface area contributed by atoms with Crippen LogP contribution in [0.3, 0.4) is 0 Å². The summed E-state index contributed by atoms with van der Waals surface area (Å²) in [7, 11) is 1.25. The monoisotopic (exact) mass is 1150 g/mol. The van der Waals surface area contributed by atoms with Crippen LogP contribution in [0, 0.1) is 11.6 Å². The van der Waals surface area contributed by atoms with Gasteiger partial charge in [-0.25, -0.2) is 13.6 Å². The number of aliphatic hydroxyl groups is 2. The SMILES string of the molecule is CC.CC.CC(C)c1c(C(=O)Nc2ccccc2)c(-c2ccccc2)c(-c2ccc(F)cc2)n1CC[C@@H]1CC=CC(=O)O1.COC(=O)CC(O)C[C@H](O)CCn1c(-c2ccc(F)cc2)c(-c2ccccc2)c(C(=O)Nc2ccccc2)c1C(C)C. The molecule has 0 saturated carbocycles. The first-order valence-electron chi connectivity index (χ1n) is 29.3. The number of cyclic esters (lactones) is 1. The smallest absolute Gasteiger partial charge is 0.330 e. The summed E-state index contributed by atoms with van der Waals surface area (Å²) >= 11 is 0. The molecule has 9 rings (SSSR count). The average Bonchev–Trinajstić information content (AvgIpc) is 3.75. The highest BCUT2D eigenvalue weighted by Gasteiger charge is 2.33. The van der Waals surface area contributed by atoms with Gasteiger partial charge >= 0.3 is 11.9 Å². The number of aromatic nitrogens is 2. The molecule has 8 aromatic rings. The first-order valence-corrected chi connectivity index (χ1v) is 29.3. The van der Waals surface area contributed by atoms with E-state index in [4.69, 9.17) is 4.74 Å². The molecule has 4 N–H and O–H groups in total. The van der Waals surface area contributed by atoms with Crippen molar-refractivity contribution in [1.82, 2.24) is 9.13 Å². The van der Waals surface area contributed by atoms with E-state index >= 15 is 0 Å². The minimum absolute atomic E-state index is 0.00742. The zero-order valence-electron chi connectivity index (χ0n) is 50.2. The Hall–Kier alpha value is -8.72. The lowest BCUT2D eigenvalue weighted by molar-refractivity contribution is -0.145. The Bertz CT molecular complexity index is 3430. The van der Waals surface area contributed by atoms with Crippen LogP contribution in [-0.2, 0) is 32.2 Å². The van der Waals surface area contributed by atoms with Crippen molar-refractivity contribution in [2.75, 3.05) is 17.7 Å². The maximum Gasteiger partial charge on any atom is 0.330 e. The second-order valence-corrected chi connectivity index (χ2v) is 20.6. The molecule has 0 spiro atoms. The lowest BCUT2D eigenvalue weighted by atomic mass is 9.94. The Balaban J connectivity index is 0.000000258. The molecule has 2 amide bonds. The molecule has 1 aliphatic heterocycles. The maximum atomic E-state index is 14.1. The van der Waals surface area contributed by atoms with Gasteiger partial charge in [0.05, 0.1) is 48.3 Å². The summed E-state index contributed by atoms with van der Waals surface area (Å²) in [6.45, 7) is 17.0. The van der Waals surface area contributed by atoms with Gasteiger partial charge in [0.1, 0.15) is 17.7 Å². The van der Waals surface area contributed by atoms with Crippen LogP contribution in [-0.4, -0.2) is 68.5 Å². The molecule has 14 heteroatoms. The first kappa shape index (κ1) is 65.4. The van der Waals surface area contributed by atoms with Crippen LogP contribution in [0.15, 0.2) is 182 Å². The van der Waals surface area contributed by atoms with Gasteiger partial charge in [-0.15, -0.1) is 0 Å². The number of anilines is 2. The fourth-order valence-electron chi connectivity index (χ4n) is 10.5. The fraction of sp³-hybridized carbons (Fsp3) is 0.296. The van der Waals surface area contributed by atoms with Gasteiger partial charge in [0, 0.05) is 65.9 Å². The van der Waals surface area contributed by atoms with Gasteiger partial charge in [0.25, 0.3) is 11.8 Å². The Labute approximate surface area is 499 Å². The summed E-state index contributed by atoms with van der Waals surface area (Å²) in [5.74, 6) is -2.19. The van der Waals surface area contributed by atoms with E-state index in [-0.39, 0.29) is 66.6 Å². The number of ether oxygens (including phenoxy) is 2. The molecule has 0 fully saturated rings. The second-order valence-electron chi connectivity index (χ2n) is 20.6. The standard InChI is InChI=1S/C34H37FN2O5.C33H31FN2O3.2C2H6/c1-22(2)32-31(34(41)36-26-12-8-5-9-13-26)30(23-10-6-4-7-11-23)33(24-14-16-25(35)17-15-24)37(32)19-18-27(38)20-28(39)21-29(40)42-3;1-22(2)31-30(33(38)35-26-12-7-4-8-13-26)29(23-10-5-3-6-11-23)32(24-16-18-25(34)19-17-24)36(31)21-20-27-14-9-15-28(37)39-27;2*1-2/h4-17,22,27-28,38-39H,18-21H2,1-3H3,(H,36,41);3-13,15-19,22,27H,14,20-21H2,1-2H3,(H,35,38);2*1-2H3/t27-,28?;27-;;/m10../s1. The summed E-state index contributed by atoms with van der Waals surface area (Å²) in [6, 6.07) is 50.5. The van der Waals surface area contributed by atoms with Crippen molar-refractivity contribution in [1.29, 1.82) is 0 Å². The molecular formula is C71H80F2N4O8. The number of nitrogens with zero attached hydrogens (tertiary/aromatic N) is 2. The third kappa shape index (κ3) is 17.2. The number of carbonyl (C=O) groups is 4. The van der Waals surface area contributed by atoms with Crippen LogP contribution in [0.4, 0.5) is 20.2 Å². The quantitative estimate of drug-likeness (QED) is 0.0549. The average molecular weight is 1160 g/mol. The highest BCUT2D eigenvalue weighted by Crippen LogP contribution is 2.45. The van der Waals surface area contributed by atoms with E-state index < -0.39 is 18.2 Å². The molecule has 3 atom stereocenters. The van der Waals surface area contributed by atoms with E-state index in [2.05, 4.69) is 33.8 Å². The summed E-state index contributed by atoms with van der Waals surface area (Å²) < 4.78 is 42.4. The number of rotatable bonds is 20. The number of carbonyl (C=O) groups excluding carboxylic acids is 4. The zero-order valence-corrected chi connectivity index (χ0v) is 50.2. The van der Waals surface area contributed by atoms with Crippen LogP contribution in [0.2, 0.25) is 0 Å². The van der Waals surface area contributed by atoms with Crippen molar-refractivity contribution in [3.05, 3.63) is 216 Å². The number of methoxy groups -OCH3 is 1. The third-order valence-electron chi connectivity index (χ3n) is 14.0. The topological polar surface area (TPSA) is 161 Å². The van der Waals surface area contributed by atoms with Gasteiger partial charge in [-0.2, -0.15) is 0 Å². The second kappa shape index (κ2) is 32.4. The number of benzene rings is 6. The van der Waals surface area contributed by atoms with Gasteiger partial charge in [-0.1, -0.05) is 159 Å². The number of para-hydroxylation sites is 2. The van der Waals surface area contributed by atoms with Gasteiger partial charge in [0.2, 0.25) is 0 Å². The predicted molar refractivity (Wildman–Crippen MR) is 336 cm³/mol. The first-order chi connectivity index (χ1) is 41.1. The predicted octanol–water partition coefficient (Wildman–Crippen LogP) is 16.1. The Morgan fingerprint density at radius 1 is 0.576 bits per heavy atom. The normalized spacial score (nSPS) is 13.2. The van der Waals surface area contributed by atoms with Crippen molar-refractivity contribution in [3.8, 4) is 44.8 Å². The van der Waals surface area contributed by atoms with E-state index in [9.17, 15) is 38.2 Å². The minimum atomic E-state index is -1.05. The van der Waals surface area contributed by atoms with Crippen LogP contribution >= 0.6 is 0 Å². The number of amides is 2. The Morgan fingerprint density at radius 2 is 0.976 bits per heavy atom. The molecular weight excluding hydrogens is 1070 g/mol. The number of nitrogens with one attached hydrogen (secondary N) is 2. The number of hydrogen-bond acceptors (Lipinski definition) is 8. The number of aliphatic hydroxyl groups excluding tert-OH is 2. The molecule has 6 aromatic carbocycles. The van der Waals surface area contributed by atoms with E-state index in [1.54, 1.807) is 24.3 Å². The van der Waals surface area contributed by atoms with Crippen LogP contribution in [0.5, 0.6) is 0 Å². The maximum absolute atomic E-state index is 14.1. The van der Waals surface area contributed by atoms with Gasteiger partial charge in [-0.3, -0.25) is 14.4 Å². The van der Waals surface area contributed by atoms with Gasteiger partial charge in [-0.05, 0) is 120 Å². The van der Waals surface area contributed by atoms with Crippen molar-refractivity contribution in [3.63, 3.8) is 0 Å². The Morgan fingerprint density at radius 3 is 1.36 bits per heavy atom. The van der Waals surface area contributed by atoms with E-state index in [1.807, 2.05) is 174 Å². The number of esters is 2. The summed E-state index contributed by atoms with van der Waals surface area (Å²) in [6.07, 6.45) is 2.31. The largest absolute Gasteiger partial charge is 0.469 e. The minimum Gasteiger partial charge on any atom is -0.469 e. The lowest BCUT2D eigenvalue weighted by Crippen LogP contribution is -2.23. The number of hydrogen-bond donors (Lipinski definition) is 4. The molecule has 2 aromatic heterocycles. The zero-order chi connectivity index (χ0) is 61.6. The molecule has 446 valence electrons. The molecule has 0 bridgehead atoms. The van der Waals surface area contributed by atoms with Gasteiger partial charge in [0.15, 0.2) is 0 Å². The number of halogens is 2. The van der Waals surface area contributed by atoms with Crippen molar-refractivity contribution >= 4 is 35.1 Å². The molecule has 0 saturated heterocycles. The van der Waals surface area contributed by atoms with E-state index in [0.29, 0.717) is 54.0 Å². The van der Waals surface area contributed by atoms with Crippen molar-refractivity contribution in [2.24, 2.45) is 0 Å². The summed E-state index contributed by atoms with van der Waals surface area (Å²) in [5.41, 5.74) is 10.4. The molecule has 0 aliphatic carbocycles. The van der Waals surface area contributed by atoms with E-state index in [1.165, 1.54) is 37.5 Å². The highest BCUT2D eigenvalue weighted by atomic mass is 19.1. The molecule has 3 heterocycles. The fourth-order valence-corrected chi connectivity index (χ4v) is 10.5. The molecule has 0 radical (unpaired) electrons. The molecule has 1 unspecified atom stereocenters. The highest BCUT2D eigenvalue weighted by molar-refractivity contribution is 6.13.